The lowest BCUT2D eigenvalue weighted by Gasteiger charge is -2.11. The van der Waals surface area contributed by atoms with Crippen LogP contribution < -0.4 is 4.72 Å². The summed E-state index contributed by atoms with van der Waals surface area (Å²) in [4.78, 5) is 0. The topological polar surface area (TPSA) is 64.0 Å². The number of halogens is 5. The molecule has 5 nitrogen and oxygen atoms in total. The summed E-state index contributed by atoms with van der Waals surface area (Å²) in [5.41, 5.74) is -0.846. The Kier molecular flexibility index (Phi) is 5.35. The van der Waals surface area contributed by atoms with Gasteiger partial charge in [-0.15, -0.1) is 0 Å². The molecule has 0 bridgehead atoms. The third-order valence-corrected chi connectivity index (χ3v) is 4.53. The molecular weight excluding hydrogens is 369 g/mol. The average molecular weight is 383 g/mol. The smallest absolute Gasteiger partial charge is 0.280 e. The highest BCUT2D eigenvalue weighted by Crippen LogP contribution is 2.30. The molecule has 0 atom stereocenters. The first-order chi connectivity index (χ1) is 11.5. The van der Waals surface area contributed by atoms with Crippen molar-refractivity contribution in [3.05, 3.63) is 47.3 Å². The Bertz CT molecular complexity index is 846. The van der Waals surface area contributed by atoms with Gasteiger partial charge in [0.1, 0.15) is 6.54 Å². The number of aromatic nitrogens is 2. The molecule has 1 aromatic heterocycles. The maximum absolute atomic E-state index is 12.7. The molecule has 0 radical (unpaired) electrons. The van der Waals surface area contributed by atoms with Crippen molar-refractivity contribution in [2.75, 3.05) is 4.72 Å². The van der Waals surface area contributed by atoms with E-state index in [1.165, 1.54) is 13.0 Å². The van der Waals surface area contributed by atoms with E-state index in [2.05, 4.69) is 9.82 Å². The molecule has 0 amide bonds. The summed E-state index contributed by atoms with van der Waals surface area (Å²) in [7, 11) is -4.05. The van der Waals surface area contributed by atoms with E-state index in [9.17, 15) is 30.4 Å². The van der Waals surface area contributed by atoms with Gasteiger partial charge < -0.3 is 0 Å². The number of hydrogen-bond acceptors (Lipinski definition) is 3. The Hall–Kier alpha value is -2.17. The van der Waals surface area contributed by atoms with Gasteiger partial charge in [0, 0.05) is 0 Å². The minimum atomic E-state index is -4.58. The number of alkyl halides is 5. The number of hydrogen-bond donors (Lipinski definition) is 1. The van der Waals surface area contributed by atoms with Crippen molar-refractivity contribution in [2.45, 2.75) is 31.8 Å². The zero-order valence-electron chi connectivity index (χ0n) is 12.9. The molecule has 2 aromatic rings. The number of sulfonamides is 1. The Morgan fingerprint density at radius 1 is 1.28 bits per heavy atom. The fourth-order valence-electron chi connectivity index (χ4n) is 2.12. The Morgan fingerprint density at radius 2 is 1.96 bits per heavy atom. The van der Waals surface area contributed by atoms with E-state index in [-0.39, 0.29) is 16.9 Å². The standard InChI is InChI=1S/C14H14F5N3O2S/c1-9-12(6-20-22(9)7-13(15)16)21-25(23,24)8-10-3-2-4-11(5-10)14(17,18)19/h2-6,13,21H,7-8H2,1H3. The molecule has 1 aromatic carbocycles. The molecule has 0 saturated heterocycles. The van der Waals surface area contributed by atoms with Crippen LogP contribution in [0.3, 0.4) is 0 Å². The molecule has 0 aliphatic heterocycles. The molecule has 1 heterocycles. The lowest BCUT2D eigenvalue weighted by atomic mass is 10.1. The highest BCUT2D eigenvalue weighted by atomic mass is 32.2. The molecule has 0 aliphatic rings. The zero-order chi connectivity index (χ0) is 18.8. The van der Waals surface area contributed by atoms with Crippen LogP contribution in [-0.4, -0.2) is 24.6 Å². The monoisotopic (exact) mass is 383 g/mol. The van der Waals surface area contributed by atoms with Crippen molar-refractivity contribution in [3.8, 4) is 0 Å². The van der Waals surface area contributed by atoms with Crippen molar-refractivity contribution in [2.24, 2.45) is 0 Å². The predicted molar refractivity (Wildman–Crippen MR) is 80.7 cm³/mol. The summed E-state index contributed by atoms with van der Waals surface area (Å²) in [6.45, 7) is 0.707. The quantitative estimate of drug-likeness (QED) is 0.778. The normalized spacial score (nSPS) is 12.6. The van der Waals surface area contributed by atoms with Crippen LogP contribution in [0.5, 0.6) is 0 Å². The van der Waals surface area contributed by atoms with E-state index in [4.69, 9.17) is 0 Å². The molecule has 0 spiro atoms. The van der Waals surface area contributed by atoms with Crippen LogP contribution in [0.2, 0.25) is 0 Å². The zero-order valence-corrected chi connectivity index (χ0v) is 13.7. The molecule has 0 fully saturated rings. The highest BCUT2D eigenvalue weighted by molar-refractivity contribution is 7.91. The Balaban J connectivity index is 2.17. The summed E-state index contributed by atoms with van der Waals surface area (Å²) in [5.74, 6) is -0.698. The van der Waals surface area contributed by atoms with E-state index < -0.39 is 40.5 Å². The summed E-state index contributed by atoms with van der Waals surface area (Å²) in [6.07, 6.45) is -6.17. The van der Waals surface area contributed by atoms with Gasteiger partial charge in [0.25, 0.3) is 6.43 Å². The maximum Gasteiger partial charge on any atom is 0.416 e. The van der Waals surface area contributed by atoms with Gasteiger partial charge in [-0.3, -0.25) is 9.40 Å². The predicted octanol–water partition coefficient (Wildman–Crippen LogP) is 3.42. The van der Waals surface area contributed by atoms with Crippen LogP contribution in [-0.2, 0) is 28.5 Å². The fraction of sp³-hybridized carbons (Fsp3) is 0.357. The minimum Gasteiger partial charge on any atom is -0.280 e. The van der Waals surface area contributed by atoms with E-state index in [0.29, 0.717) is 0 Å². The van der Waals surface area contributed by atoms with Gasteiger partial charge in [-0.2, -0.15) is 18.3 Å². The Morgan fingerprint density at radius 3 is 2.56 bits per heavy atom. The average Bonchev–Trinajstić information content (AvgIpc) is 2.78. The minimum absolute atomic E-state index is 0.00683. The van der Waals surface area contributed by atoms with Crippen LogP contribution in [0.4, 0.5) is 27.6 Å². The second kappa shape index (κ2) is 6.98. The van der Waals surface area contributed by atoms with Crippen molar-refractivity contribution >= 4 is 15.7 Å². The second-order valence-electron chi connectivity index (χ2n) is 5.28. The van der Waals surface area contributed by atoms with Crippen LogP contribution in [0.15, 0.2) is 30.5 Å². The summed E-state index contributed by atoms with van der Waals surface area (Å²) in [6, 6.07) is 3.94. The highest BCUT2D eigenvalue weighted by Gasteiger charge is 2.30. The Labute approximate surface area is 140 Å². The lowest BCUT2D eigenvalue weighted by Crippen LogP contribution is -2.16. The molecule has 138 valence electrons. The van der Waals surface area contributed by atoms with Gasteiger partial charge in [-0.05, 0) is 18.6 Å². The second-order valence-corrected chi connectivity index (χ2v) is 7.00. The third-order valence-electron chi connectivity index (χ3n) is 3.29. The summed E-state index contributed by atoms with van der Waals surface area (Å²) >= 11 is 0. The fourth-order valence-corrected chi connectivity index (χ4v) is 3.35. The van der Waals surface area contributed by atoms with Gasteiger partial charge in [-0.25, -0.2) is 17.2 Å². The molecule has 0 unspecified atom stereocenters. The molecule has 0 aliphatic carbocycles. The van der Waals surface area contributed by atoms with E-state index in [1.54, 1.807) is 0 Å². The number of nitrogens with one attached hydrogen (secondary N) is 1. The largest absolute Gasteiger partial charge is 0.416 e. The molecular formula is C14H14F5N3O2S. The molecule has 2 rings (SSSR count). The lowest BCUT2D eigenvalue weighted by molar-refractivity contribution is -0.137. The van der Waals surface area contributed by atoms with Gasteiger partial charge in [-0.1, -0.05) is 18.2 Å². The molecule has 1 N–H and O–H groups in total. The molecule has 0 saturated carbocycles. The number of nitrogens with zero attached hydrogens (tertiary/aromatic N) is 2. The van der Waals surface area contributed by atoms with Crippen molar-refractivity contribution < 1.29 is 30.4 Å². The summed E-state index contributed by atoms with van der Waals surface area (Å²) in [5, 5.41) is 3.65. The summed E-state index contributed by atoms with van der Waals surface area (Å²) < 4.78 is 90.1. The third kappa shape index (κ3) is 5.15. The molecule has 11 heteroatoms. The molecule has 25 heavy (non-hydrogen) atoms. The van der Waals surface area contributed by atoms with Crippen LogP contribution in [0, 0.1) is 6.92 Å². The maximum atomic E-state index is 12.7. The van der Waals surface area contributed by atoms with Crippen LogP contribution >= 0.6 is 0 Å². The first-order valence-corrected chi connectivity index (χ1v) is 8.60. The van der Waals surface area contributed by atoms with E-state index in [1.807, 2.05) is 0 Å². The SMILES string of the molecule is Cc1c(NS(=O)(=O)Cc2cccc(C(F)(F)F)c2)cnn1CC(F)F. The first kappa shape index (κ1) is 19.2. The van der Waals surface area contributed by atoms with E-state index in [0.717, 1.165) is 29.1 Å². The number of anilines is 1. The van der Waals surface area contributed by atoms with Gasteiger partial charge in [0.05, 0.1) is 28.9 Å². The van der Waals surface area contributed by atoms with E-state index >= 15 is 0 Å². The van der Waals surface area contributed by atoms with Crippen LogP contribution in [0.1, 0.15) is 16.8 Å². The van der Waals surface area contributed by atoms with Crippen molar-refractivity contribution in [3.63, 3.8) is 0 Å². The van der Waals surface area contributed by atoms with Crippen molar-refractivity contribution in [1.29, 1.82) is 0 Å². The number of rotatable bonds is 6. The van der Waals surface area contributed by atoms with Gasteiger partial charge >= 0.3 is 6.18 Å². The number of benzene rings is 1. The van der Waals surface area contributed by atoms with Crippen LogP contribution in [0.25, 0.3) is 0 Å². The first-order valence-electron chi connectivity index (χ1n) is 6.95. The van der Waals surface area contributed by atoms with Gasteiger partial charge in [0.2, 0.25) is 10.0 Å². The van der Waals surface area contributed by atoms with Gasteiger partial charge in [0.15, 0.2) is 0 Å². The van der Waals surface area contributed by atoms with Crippen molar-refractivity contribution in [1.82, 2.24) is 9.78 Å².